The molecule has 0 bridgehead atoms. The zero-order valence-electron chi connectivity index (χ0n) is 7.82. The summed E-state index contributed by atoms with van der Waals surface area (Å²) in [5.74, 6) is 0. The highest BCUT2D eigenvalue weighted by Gasteiger charge is 2.06. The average Bonchev–Trinajstić information content (AvgIpc) is 2.30. The number of pyridine rings is 2. The summed E-state index contributed by atoms with van der Waals surface area (Å²) in [5.41, 5.74) is 2.97. The fourth-order valence-electron chi connectivity index (χ4n) is 1.32. The maximum atomic E-state index is 5.88. The molecule has 2 heterocycles. The van der Waals surface area contributed by atoms with Gasteiger partial charge in [-0.2, -0.15) is 0 Å². The van der Waals surface area contributed by atoms with E-state index >= 15 is 0 Å². The first-order valence-corrected chi connectivity index (χ1v) is 5.93. The van der Waals surface area contributed by atoms with E-state index in [0.717, 1.165) is 22.2 Å². The van der Waals surface area contributed by atoms with E-state index in [4.69, 9.17) is 11.6 Å². The Hall–Kier alpha value is -0.930. The molecule has 2 nitrogen and oxygen atoms in total. The lowest BCUT2D eigenvalue weighted by atomic mass is 10.1. The minimum atomic E-state index is 0.499. The summed E-state index contributed by atoms with van der Waals surface area (Å²) in [7, 11) is 0. The first-order chi connectivity index (χ1) is 7.31. The van der Waals surface area contributed by atoms with E-state index in [9.17, 15) is 0 Å². The van der Waals surface area contributed by atoms with Crippen molar-refractivity contribution in [3.63, 3.8) is 0 Å². The van der Waals surface area contributed by atoms with E-state index in [1.807, 2.05) is 18.2 Å². The second-order valence-corrected chi connectivity index (χ2v) is 3.97. The Labute approximate surface area is 101 Å². The number of hydrogen-bond donors (Lipinski definition) is 0. The van der Waals surface area contributed by atoms with Gasteiger partial charge in [0.2, 0.25) is 0 Å². The molecule has 0 spiro atoms. The van der Waals surface area contributed by atoms with Crippen LogP contribution in [0.3, 0.4) is 0 Å². The maximum Gasteiger partial charge on any atom is 0.129 e. The van der Waals surface area contributed by atoms with Crippen molar-refractivity contribution in [2.45, 2.75) is 5.33 Å². The van der Waals surface area contributed by atoms with Crippen molar-refractivity contribution in [2.24, 2.45) is 0 Å². The monoisotopic (exact) mass is 282 g/mol. The van der Waals surface area contributed by atoms with Crippen LogP contribution in [0.4, 0.5) is 0 Å². The zero-order chi connectivity index (χ0) is 10.7. The smallest absolute Gasteiger partial charge is 0.129 e. The predicted molar refractivity (Wildman–Crippen MR) is 65.1 cm³/mol. The highest BCUT2D eigenvalue weighted by molar-refractivity contribution is 9.08. The van der Waals surface area contributed by atoms with Crippen LogP contribution in [0.15, 0.2) is 36.7 Å². The molecule has 0 saturated heterocycles. The van der Waals surface area contributed by atoms with Crippen LogP contribution in [0.2, 0.25) is 5.15 Å². The standard InChI is InChI=1S/C11H8BrClN2/c12-6-8-3-4-10(13)15-11(8)9-2-1-5-14-7-9/h1-5,7H,6H2. The molecule has 0 aromatic carbocycles. The van der Waals surface area contributed by atoms with Gasteiger partial charge in [0.1, 0.15) is 5.15 Å². The van der Waals surface area contributed by atoms with Crippen molar-refractivity contribution >= 4 is 27.5 Å². The molecule has 4 heteroatoms. The number of hydrogen-bond acceptors (Lipinski definition) is 2. The summed E-state index contributed by atoms with van der Waals surface area (Å²) in [4.78, 5) is 8.38. The number of halogens is 2. The SMILES string of the molecule is Clc1ccc(CBr)c(-c2cccnc2)n1. The van der Waals surface area contributed by atoms with Gasteiger partial charge in [-0.25, -0.2) is 4.98 Å². The molecule has 0 aliphatic carbocycles. The van der Waals surface area contributed by atoms with E-state index in [-0.39, 0.29) is 0 Å². The van der Waals surface area contributed by atoms with E-state index in [2.05, 4.69) is 25.9 Å². The highest BCUT2D eigenvalue weighted by atomic mass is 79.9. The van der Waals surface area contributed by atoms with E-state index < -0.39 is 0 Å². The Kier molecular flexibility index (Phi) is 3.34. The van der Waals surface area contributed by atoms with Gasteiger partial charge in [-0.05, 0) is 23.8 Å². The van der Waals surface area contributed by atoms with Crippen molar-refractivity contribution in [1.29, 1.82) is 0 Å². The lowest BCUT2D eigenvalue weighted by molar-refractivity contribution is 1.24. The Bertz CT molecular complexity index is 459. The second-order valence-electron chi connectivity index (χ2n) is 3.02. The molecule has 0 atom stereocenters. The highest BCUT2D eigenvalue weighted by Crippen LogP contribution is 2.24. The molecule has 2 aromatic rings. The lowest BCUT2D eigenvalue weighted by Gasteiger charge is -2.05. The molecule has 0 amide bonds. The fraction of sp³-hybridized carbons (Fsp3) is 0.0909. The van der Waals surface area contributed by atoms with Gasteiger partial charge in [0.15, 0.2) is 0 Å². The van der Waals surface area contributed by atoms with Gasteiger partial charge in [-0.1, -0.05) is 33.6 Å². The summed E-state index contributed by atoms with van der Waals surface area (Å²) < 4.78 is 0. The van der Waals surface area contributed by atoms with Crippen LogP contribution in [0.1, 0.15) is 5.56 Å². The van der Waals surface area contributed by atoms with Crippen LogP contribution in [0.25, 0.3) is 11.3 Å². The van der Waals surface area contributed by atoms with Crippen molar-refractivity contribution in [2.75, 3.05) is 0 Å². The van der Waals surface area contributed by atoms with Gasteiger partial charge >= 0.3 is 0 Å². The summed E-state index contributed by atoms with van der Waals surface area (Å²) in [6, 6.07) is 7.61. The fourth-order valence-corrected chi connectivity index (χ4v) is 1.92. The van der Waals surface area contributed by atoms with Crippen LogP contribution in [-0.2, 0) is 5.33 Å². The molecule has 0 radical (unpaired) electrons. The van der Waals surface area contributed by atoms with Crippen molar-refractivity contribution in [3.8, 4) is 11.3 Å². The summed E-state index contributed by atoms with van der Waals surface area (Å²) in [6.07, 6.45) is 3.52. The molecule has 2 rings (SSSR count). The van der Waals surface area contributed by atoms with E-state index in [1.54, 1.807) is 18.5 Å². The van der Waals surface area contributed by atoms with Gasteiger partial charge in [0.05, 0.1) is 5.69 Å². The molecule has 0 unspecified atom stereocenters. The normalized spacial score (nSPS) is 10.3. The lowest BCUT2D eigenvalue weighted by Crippen LogP contribution is -1.91. The summed E-state index contributed by atoms with van der Waals surface area (Å²) in [6.45, 7) is 0. The quantitative estimate of drug-likeness (QED) is 0.620. The van der Waals surface area contributed by atoms with Crippen LogP contribution in [0.5, 0.6) is 0 Å². The largest absolute Gasteiger partial charge is 0.264 e. The third-order valence-electron chi connectivity index (χ3n) is 2.02. The first kappa shape index (κ1) is 10.6. The minimum absolute atomic E-state index is 0.499. The first-order valence-electron chi connectivity index (χ1n) is 4.43. The van der Waals surface area contributed by atoms with E-state index in [0.29, 0.717) is 5.15 Å². The molecular formula is C11H8BrClN2. The Balaban J connectivity index is 2.56. The summed E-state index contributed by atoms with van der Waals surface area (Å²) >= 11 is 9.30. The zero-order valence-corrected chi connectivity index (χ0v) is 10.2. The minimum Gasteiger partial charge on any atom is -0.264 e. The number of rotatable bonds is 2. The third kappa shape index (κ3) is 2.36. The molecule has 0 N–H and O–H groups in total. The second kappa shape index (κ2) is 4.73. The van der Waals surface area contributed by atoms with Gasteiger partial charge in [0.25, 0.3) is 0 Å². The number of nitrogens with zero attached hydrogens (tertiary/aromatic N) is 2. The Morgan fingerprint density at radius 2 is 2.13 bits per heavy atom. The van der Waals surface area contributed by atoms with Gasteiger partial charge < -0.3 is 0 Å². The molecular weight excluding hydrogens is 275 g/mol. The Morgan fingerprint density at radius 3 is 2.80 bits per heavy atom. The van der Waals surface area contributed by atoms with Crippen molar-refractivity contribution < 1.29 is 0 Å². The molecule has 76 valence electrons. The van der Waals surface area contributed by atoms with Crippen LogP contribution < -0.4 is 0 Å². The number of aromatic nitrogens is 2. The molecule has 0 aliphatic rings. The molecule has 15 heavy (non-hydrogen) atoms. The van der Waals surface area contributed by atoms with Crippen molar-refractivity contribution in [3.05, 3.63) is 47.4 Å². The predicted octanol–water partition coefficient (Wildman–Crippen LogP) is 3.69. The van der Waals surface area contributed by atoms with Gasteiger partial charge in [0, 0.05) is 23.3 Å². The van der Waals surface area contributed by atoms with Gasteiger partial charge in [-0.3, -0.25) is 4.98 Å². The van der Waals surface area contributed by atoms with Crippen LogP contribution in [0, 0.1) is 0 Å². The number of alkyl halides is 1. The molecule has 2 aromatic heterocycles. The molecule has 0 fully saturated rings. The van der Waals surface area contributed by atoms with Crippen LogP contribution >= 0.6 is 27.5 Å². The van der Waals surface area contributed by atoms with Crippen molar-refractivity contribution in [1.82, 2.24) is 9.97 Å². The Morgan fingerprint density at radius 1 is 1.27 bits per heavy atom. The topological polar surface area (TPSA) is 25.8 Å². The van der Waals surface area contributed by atoms with E-state index in [1.165, 1.54) is 0 Å². The van der Waals surface area contributed by atoms with Crippen LogP contribution in [-0.4, -0.2) is 9.97 Å². The molecule has 0 saturated carbocycles. The molecule has 0 aliphatic heterocycles. The summed E-state index contributed by atoms with van der Waals surface area (Å²) in [5, 5.41) is 1.25. The maximum absolute atomic E-state index is 5.88. The van der Waals surface area contributed by atoms with Gasteiger partial charge in [-0.15, -0.1) is 0 Å². The third-order valence-corrected chi connectivity index (χ3v) is 2.84. The average molecular weight is 284 g/mol.